The van der Waals surface area contributed by atoms with Crippen molar-refractivity contribution in [2.24, 2.45) is 0 Å². The van der Waals surface area contributed by atoms with Crippen molar-refractivity contribution in [3.8, 4) is 40.0 Å². The first-order chi connectivity index (χ1) is 13.9. The summed E-state index contributed by atoms with van der Waals surface area (Å²) in [5.41, 5.74) is -0.448. The number of alkyl halides is 6. The molecule has 0 saturated carbocycles. The predicted molar refractivity (Wildman–Crippen MR) is 85.3 cm³/mol. The van der Waals surface area contributed by atoms with Crippen LogP contribution in [-0.2, 0) is 0 Å². The number of ether oxygens (including phenoxy) is 2. The Kier molecular flexibility index (Phi) is 5.26. The van der Waals surface area contributed by atoms with Gasteiger partial charge in [-0.3, -0.25) is 0 Å². The fourth-order valence-electron chi connectivity index (χ4n) is 2.49. The van der Waals surface area contributed by atoms with Gasteiger partial charge in [0.25, 0.3) is 0 Å². The lowest BCUT2D eigenvalue weighted by Gasteiger charge is -2.13. The van der Waals surface area contributed by atoms with E-state index in [1.54, 1.807) is 6.07 Å². The maximum Gasteiger partial charge on any atom is 0.573 e. The fourth-order valence-corrected chi connectivity index (χ4v) is 2.49. The van der Waals surface area contributed by atoms with E-state index in [1.807, 2.05) is 0 Å². The molecule has 30 heavy (non-hydrogen) atoms. The van der Waals surface area contributed by atoms with Crippen LogP contribution >= 0.6 is 0 Å². The normalized spacial score (nSPS) is 11.8. The van der Waals surface area contributed by atoms with Crippen LogP contribution in [0.4, 0.5) is 30.7 Å². The summed E-state index contributed by atoms with van der Waals surface area (Å²) in [7, 11) is 0. The van der Waals surface area contributed by atoms with Crippen LogP contribution in [0.2, 0.25) is 0 Å². The lowest BCUT2D eigenvalue weighted by Crippen LogP contribution is -2.18. The SMILES string of the molecule is N#Cc1[nH]nnc1-c1cc(OC(F)(F)F)cc(-c2ccc(OC(F)(F)F)c(F)c2)c1. The standard InChI is InChI=1S/C17H7F7N4O2/c18-12-6-8(1-2-14(12)30-17(22,23)24)9-3-10(15-13(7-25)26-28-27-15)5-11(4-9)29-16(19,20)21/h1-6H,(H,26,27,28). The number of hydrogen-bond donors (Lipinski definition) is 1. The molecule has 3 aromatic rings. The van der Waals surface area contributed by atoms with Gasteiger partial charge in [-0.2, -0.15) is 5.26 Å². The molecular formula is C17H7F7N4O2. The van der Waals surface area contributed by atoms with Crippen molar-refractivity contribution in [1.82, 2.24) is 15.4 Å². The largest absolute Gasteiger partial charge is 0.573 e. The van der Waals surface area contributed by atoms with E-state index in [-0.39, 0.29) is 28.1 Å². The lowest BCUT2D eigenvalue weighted by atomic mass is 10.00. The summed E-state index contributed by atoms with van der Waals surface area (Å²) in [6.07, 6.45) is -10.2. The van der Waals surface area contributed by atoms with Crippen molar-refractivity contribution < 1.29 is 40.2 Å². The number of nitrogens with zero attached hydrogens (tertiary/aromatic N) is 3. The number of hydrogen-bond acceptors (Lipinski definition) is 5. The van der Waals surface area contributed by atoms with Crippen LogP contribution in [0, 0.1) is 17.1 Å². The Balaban J connectivity index is 2.10. The average Bonchev–Trinajstić information content (AvgIpc) is 3.09. The van der Waals surface area contributed by atoms with Crippen molar-refractivity contribution >= 4 is 0 Å². The second-order valence-corrected chi connectivity index (χ2v) is 5.63. The van der Waals surface area contributed by atoms with Gasteiger partial charge in [0.2, 0.25) is 0 Å². The second-order valence-electron chi connectivity index (χ2n) is 5.63. The minimum atomic E-state index is -5.13. The second kappa shape index (κ2) is 7.54. The van der Waals surface area contributed by atoms with E-state index in [1.165, 1.54) is 6.07 Å². The molecule has 0 saturated heterocycles. The minimum Gasteiger partial charge on any atom is -0.406 e. The first-order valence-corrected chi connectivity index (χ1v) is 7.73. The number of aromatic nitrogens is 3. The zero-order valence-corrected chi connectivity index (χ0v) is 14.3. The summed E-state index contributed by atoms with van der Waals surface area (Å²) in [5, 5.41) is 18.3. The van der Waals surface area contributed by atoms with Gasteiger partial charge in [0.05, 0.1) is 0 Å². The van der Waals surface area contributed by atoms with Gasteiger partial charge in [0.1, 0.15) is 17.5 Å². The monoisotopic (exact) mass is 432 g/mol. The quantitative estimate of drug-likeness (QED) is 0.590. The van der Waals surface area contributed by atoms with Gasteiger partial charge in [-0.15, -0.1) is 31.4 Å². The van der Waals surface area contributed by atoms with Crippen LogP contribution in [-0.4, -0.2) is 28.1 Å². The van der Waals surface area contributed by atoms with Crippen LogP contribution in [0.5, 0.6) is 11.5 Å². The molecule has 1 aromatic heterocycles. The van der Waals surface area contributed by atoms with Gasteiger partial charge in [-0.25, -0.2) is 9.49 Å². The van der Waals surface area contributed by atoms with Crippen LogP contribution in [0.3, 0.4) is 0 Å². The molecular weight excluding hydrogens is 425 g/mol. The molecule has 0 fully saturated rings. The van der Waals surface area contributed by atoms with E-state index in [4.69, 9.17) is 5.26 Å². The highest BCUT2D eigenvalue weighted by atomic mass is 19.4. The molecule has 0 bridgehead atoms. The van der Waals surface area contributed by atoms with Gasteiger partial charge < -0.3 is 9.47 Å². The van der Waals surface area contributed by atoms with E-state index in [0.29, 0.717) is 12.1 Å². The minimum absolute atomic E-state index is 0.0342. The summed E-state index contributed by atoms with van der Waals surface area (Å²) < 4.78 is 96.3. The zero-order chi connectivity index (χ0) is 22.1. The van der Waals surface area contributed by atoms with Crippen molar-refractivity contribution in [3.63, 3.8) is 0 Å². The Morgan fingerprint density at radius 1 is 0.867 bits per heavy atom. The molecule has 0 aliphatic carbocycles. The first-order valence-electron chi connectivity index (χ1n) is 7.73. The highest BCUT2D eigenvalue weighted by Crippen LogP contribution is 2.36. The molecule has 0 aliphatic rings. The van der Waals surface area contributed by atoms with Crippen molar-refractivity contribution in [2.45, 2.75) is 12.7 Å². The third-order valence-electron chi connectivity index (χ3n) is 3.56. The van der Waals surface area contributed by atoms with Crippen LogP contribution < -0.4 is 9.47 Å². The fraction of sp³-hybridized carbons (Fsp3) is 0.118. The molecule has 0 spiro atoms. The molecule has 6 nitrogen and oxygen atoms in total. The molecule has 156 valence electrons. The van der Waals surface area contributed by atoms with Gasteiger partial charge >= 0.3 is 12.7 Å². The molecule has 0 unspecified atom stereocenters. The predicted octanol–water partition coefficient (Wildman–Crippen LogP) is 4.95. The third kappa shape index (κ3) is 4.96. The summed E-state index contributed by atoms with van der Waals surface area (Å²) in [6.45, 7) is 0. The smallest absolute Gasteiger partial charge is 0.406 e. The van der Waals surface area contributed by atoms with Crippen LogP contribution in [0.25, 0.3) is 22.4 Å². The Morgan fingerprint density at radius 3 is 2.13 bits per heavy atom. The Bertz CT molecular complexity index is 1120. The number of nitrogens with one attached hydrogen (secondary N) is 1. The van der Waals surface area contributed by atoms with Gasteiger partial charge in [0, 0.05) is 5.56 Å². The van der Waals surface area contributed by atoms with Crippen molar-refractivity contribution in [2.75, 3.05) is 0 Å². The van der Waals surface area contributed by atoms with Gasteiger partial charge in [-0.1, -0.05) is 11.3 Å². The molecule has 0 radical (unpaired) electrons. The summed E-state index contributed by atoms with van der Waals surface area (Å²) in [4.78, 5) is 0. The van der Waals surface area contributed by atoms with E-state index in [0.717, 1.165) is 18.2 Å². The highest BCUT2D eigenvalue weighted by molar-refractivity contribution is 5.75. The average molecular weight is 432 g/mol. The molecule has 2 aromatic carbocycles. The van der Waals surface area contributed by atoms with Gasteiger partial charge in [-0.05, 0) is 41.5 Å². The van der Waals surface area contributed by atoms with Crippen molar-refractivity contribution in [3.05, 3.63) is 47.9 Å². The van der Waals surface area contributed by atoms with E-state index in [2.05, 4.69) is 24.9 Å². The molecule has 13 heteroatoms. The molecule has 1 N–H and O–H groups in total. The number of aromatic amines is 1. The number of nitriles is 1. The number of benzene rings is 2. The summed E-state index contributed by atoms with van der Waals surface area (Å²) >= 11 is 0. The Labute approximate surface area is 162 Å². The van der Waals surface area contributed by atoms with Crippen LogP contribution in [0.1, 0.15) is 5.69 Å². The lowest BCUT2D eigenvalue weighted by molar-refractivity contribution is -0.276. The maximum absolute atomic E-state index is 14.0. The van der Waals surface area contributed by atoms with Crippen LogP contribution in [0.15, 0.2) is 36.4 Å². The topological polar surface area (TPSA) is 83.8 Å². The first kappa shape index (κ1) is 20.9. The molecule has 0 aliphatic heterocycles. The molecule has 3 rings (SSSR count). The summed E-state index contributed by atoms with van der Waals surface area (Å²) in [6, 6.07) is 7.09. The van der Waals surface area contributed by atoms with Gasteiger partial charge in [0.15, 0.2) is 17.3 Å². The van der Waals surface area contributed by atoms with E-state index < -0.39 is 30.0 Å². The van der Waals surface area contributed by atoms with E-state index >= 15 is 0 Å². The maximum atomic E-state index is 14.0. The molecule has 0 amide bonds. The number of rotatable bonds is 4. The highest BCUT2D eigenvalue weighted by Gasteiger charge is 2.33. The Morgan fingerprint density at radius 2 is 1.53 bits per heavy atom. The zero-order valence-electron chi connectivity index (χ0n) is 14.3. The molecule has 1 heterocycles. The van der Waals surface area contributed by atoms with E-state index in [9.17, 15) is 30.7 Å². The Hall–Kier alpha value is -3.82. The number of H-pyrrole nitrogens is 1. The number of halogens is 7. The molecule has 0 atom stereocenters. The summed E-state index contributed by atoms with van der Waals surface area (Å²) in [5.74, 6) is -3.23. The third-order valence-corrected chi connectivity index (χ3v) is 3.56. The van der Waals surface area contributed by atoms with Crippen molar-refractivity contribution in [1.29, 1.82) is 5.26 Å².